The van der Waals surface area contributed by atoms with Crippen LogP contribution in [0.25, 0.3) is 0 Å². The molecule has 1 N–H and O–H groups in total. The molecule has 55 heavy (non-hydrogen) atoms. The number of aliphatic hydroxyl groups is 1. The highest BCUT2D eigenvalue weighted by atomic mass is 16.6. The van der Waals surface area contributed by atoms with Crippen molar-refractivity contribution in [3.8, 4) is 0 Å². The van der Waals surface area contributed by atoms with Crippen LogP contribution in [0.1, 0.15) is 61.0 Å². The first-order valence-corrected chi connectivity index (χ1v) is 19.2. The average Bonchev–Trinajstić information content (AvgIpc) is 3.84. The number of carbonyl (C=O) groups is 4. The number of rotatable bonds is 16. The Labute approximate surface area is 324 Å². The molecule has 3 aromatic carbocycles. The number of likely N-dealkylation sites (N-methyl/N-ethyl adjacent to an activating group) is 1. The first-order valence-electron chi connectivity index (χ1n) is 19.2. The average molecular weight is 748 g/mol. The van der Waals surface area contributed by atoms with Crippen molar-refractivity contribution >= 4 is 29.4 Å². The van der Waals surface area contributed by atoms with Crippen molar-refractivity contribution in [1.29, 1.82) is 0 Å². The Morgan fingerprint density at radius 3 is 2.27 bits per heavy atom. The van der Waals surface area contributed by atoms with E-state index in [1.807, 2.05) is 99.6 Å². The molecule has 3 aliphatic rings. The fourth-order valence-corrected chi connectivity index (χ4v) is 9.09. The van der Waals surface area contributed by atoms with Crippen molar-refractivity contribution in [2.24, 2.45) is 11.8 Å². The summed E-state index contributed by atoms with van der Waals surface area (Å²) in [7, 11) is 1.69. The molecule has 3 amide bonds. The number of likely N-dealkylation sites (tertiary alicyclic amines) is 1. The summed E-state index contributed by atoms with van der Waals surface area (Å²) < 4.78 is 13.2. The minimum Gasteiger partial charge on any atom is -0.455 e. The summed E-state index contributed by atoms with van der Waals surface area (Å²) in [6.45, 7) is 13.2. The van der Waals surface area contributed by atoms with Gasteiger partial charge in [-0.2, -0.15) is 0 Å². The van der Waals surface area contributed by atoms with Crippen molar-refractivity contribution in [2.45, 2.75) is 88.8 Å². The zero-order valence-corrected chi connectivity index (χ0v) is 32.3. The van der Waals surface area contributed by atoms with Gasteiger partial charge in [-0.1, -0.05) is 91.0 Å². The number of carbonyl (C=O) groups excluding carboxylic acids is 4. The molecule has 1 spiro atoms. The van der Waals surface area contributed by atoms with Gasteiger partial charge < -0.3 is 29.3 Å². The van der Waals surface area contributed by atoms with E-state index >= 15 is 9.59 Å². The Morgan fingerprint density at radius 1 is 1.00 bits per heavy atom. The Morgan fingerprint density at radius 2 is 1.65 bits per heavy atom. The topological polar surface area (TPSA) is 117 Å². The molecule has 3 aromatic rings. The van der Waals surface area contributed by atoms with Gasteiger partial charge in [-0.3, -0.25) is 19.2 Å². The van der Waals surface area contributed by atoms with Gasteiger partial charge in [-0.15, -0.1) is 13.2 Å². The number of nitrogens with zero attached hydrogens (tertiary/aromatic N) is 3. The molecule has 290 valence electrons. The molecule has 10 heteroatoms. The van der Waals surface area contributed by atoms with Gasteiger partial charge in [0.15, 0.2) is 0 Å². The molecular weight excluding hydrogens is 695 g/mol. The van der Waals surface area contributed by atoms with Crippen LogP contribution in [0.4, 0.5) is 5.69 Å². The Kier molecular flexibility index (Phi) is 12.1. The molecule has 10 nitrogen and oxygen atoms in total. The van der Waals surface area contributed by atoms with Crippen LogP contribution >= 0.6 is 0 Å². The number of esters is 1. The highest BCUT2D eigenvalue weighted by molar-refractivity contribution is 6.05. The van der Waals surface area contributed by atoms with Gasteiger partial charge in [0.05, 0.1) is 36.6 Å². The molecule has 3 aliphatic heterocycles. The lowest BCUT2D eigenvalue weighted by Crippen LogP contribution is -2.59. The maximum atomic E-state index is 15.3. The zero-order chi connectivity index (χ0) is 39.4. The summed E-state index contributed by atoms with van der Waals surface area (Å²) in [4.78, 5) is 63.0. The molecule has 3 fully saturated rings. The molecule has 0 radical (unpaired) electrons. The minimum absolute atomic E-state index is 0.115. The molecule has 0 aliphatic carbocycles. The summed E-state index contributed by atoms with van der Waals surface area (Å²) in [5.41, 5.74) is 2.74. The van der Waals surface area contributed by atoms with E-state index in [1.54, 1.807) is 29.0 Å². The number of fused-ring (bicyclic) bond motifs is 1. The summed E-state index contributed by atoms with van der Waals surface area (Å²) >= 11 is 0. The minimum atomic E-state index is -1.34. The zero-order valence-electron chi connectivity index (χ0n) is 32.3. The van der Waals surface area contributed by atoms with Crippen LogP contribution in [0.2, 0.25) is 0 Å². The number of benzene rings is 3. The van der Waals surface area contributed by atoms with E-state index in [0.29, 0.717) is 31.2 Å². The maximum absolute atomic E-state index is 15.3. The summed E-state index contributed by atoms with van der Waals surface area (Å²) in [5, 5.41) is 11.0. The van der Waals surface area contributed by atoms with Crippen molar-refractivity contribution in [3.05, 3.63) is 126 Å². The largest absolute Gasteiger partial charge is 0.455 e. The second kappa shape index (κ2) is 16.8. The number of ether oxygens (including phenoxy) is 2. The number of aliphatic hydroxyl groups excluding tert-OH is 1. The number of aryl methyl sites for hydroxylation is 2. The number of hydrogen-bond acceptors (Lipinski definition) is 7. The summed E-state index contributed by atoms with van der Waals surface area (Å²) in [5.74, 6) is -3.54. The standard InChI is InChI=1S/C45H53N3O7/c1-7-9-23-36(50)46(6)31(5)40(33-21-14-11-15-22-33)54-44(53)37-35-24-25-45(55-35)38(37)42(51)48(34(28-49)27-32-19-12-10-13-20-32)41(45)43(52)47(26-8-2)39-29(3)17-16-18-30(39)4/h7-8,10-22,31,34-35,37-38,40-41,49H,1-2,9,23-28H2,3-6H3/t31-,34+,35-,37+,38+,40+,41-,45+/m0/s1. The van der Waals surface area contributed by atoms with Crippen molar-refractivity contribution in [1.82, 2.24) is 9.80 Å². The first-order chi connectivity index (χ1) is 26.5. The smallest absolute Gasteiger partial charge is 0.313 e. The SMILES string of the molecule is C=CCCC(=O)N(C)[C@@H](C)[C@@H](OC(=O)[C@@H]1[C@@H]2CC[C@]3(O2)[C@H](C(=O)N(CC=C)c2c(C)cccc2C)N([C@@H](CO)Cc2ccccc2)C(=O)[C@@H]13)c1ccccc1. The molecule has 0 unspecified atom stereocenters. The molecule has 3 saturated heterocycles. The second-order valence-corrected chi connectivity index (χ2v) is 15.1. The van der Waals surface area contributed by atoms with E-state index in [0.717, 1.165) is 22.4 Å². The van der Waals surface area contributed by atoms with Crippen LogP contribution in [-0.4, -0.2) is 88.6 Å². The molecule has 0 aromatic heterocycles. The Bertz CT molecular complexity index is 1880. The third kappa shape index (κ3) is 7.37. The number of allylic oxidation sites excluding steroid dienone is 1. The van der Waals surface area contributed by atoms with Gasteiger partial charge in [0.25, 0.3) is 5.91 Å². The molecule has 0 saturated carbocycles. The third-order valence-electron chi connectivity index (χ3n) is 11.8. The highest BCUT2D eigenvalue weighted by Gasteiger charge is 2.76. The van der Waals surface area contributed by atoms with Gasteiger partial charge in [0.2, 0.25) is 11.8 Å². The molecule has 3 heterocycles. The van der Waals surface area contributed by atoms with Crippen LogP contribution in [-0.2, 0) is 35.1 Å². The molecule has 2 bridgehead atoms. The van der Waals surface area contributed by atoms with Crippen LogP contribution in [0.5, 0.6) is 0 Å². The van der Waals surface area contributed by atoms with E-state index in [4.69, 9.17) is 9.47 Å². The molecular formula is C45H53N3O7. The van der Waals surface area contributed by atoms with Gasteiger partial charge >= 0.3 is 5.97 Å². The Hall–Kier alpha value is -5.06. The number of anilines is 1. The summed E-state index contributed by atoms with van der Waals surface area (Å²) in [6, 6.07) is 22.1. The fourth-order valence-electron chi connectivity index (χ4n) is 9.09. The lowest BCUT2D eigenvalue weighted by atomic mass is 9.70. The van der Waals surface area contributed by atoms with E-state index in [2.05, 4.69) is 13.2 Å². The van der Waals surface area contributed by atoms with E-state index in [1.165, 1.54) is 4.90 Å². The van der Waals surface area contributed by atoms with Crippen molar-refractivity contribution in [3.63, 3.8) is 0 Å². The van der Waals surface area contributed by atoms with Crippen molar-refractivity contribution in [2.75, 3.05) is 25.1 Å². The van der Waals surface area contributed by atoms with Crippen LogP contribution in [0, 0.1) is 25.7 Å². The van der Waals surface area contributed by atoms with Gasteiger partial charge in [0, 0.05) is 25.7 Å². The molecule has 6 rings (SSSR count). The van der Waals surface area contributed by atoms with Gasteiger partial charge in [-0.25, -0.2) is 0 Å². The third-order valence-corrected chi connectivity index (χ3v) is 11.8. The normalized spacial score (nSPS) is 24.1. The quantitative estimate of drug-likeness (QED) is 0.143. The van der Waals surface area contributed by atoms with Crippen LogP contribution in [0.3, 0.4) is 0 Å². The lowest BCUT2D eigenvalue weighted by Gasteiger charge is -2.40. The first kappa shape index (κ1) is 39.6. The number of hydrogen-bond donors (Lipinski definition) is 1. The predicted molar refractivity (Wildman–Crippen MR) is 211 cm³/mol. The summed E-state index contributed by atoms with van der Waals surface area (Å²) in [6.07, 6.45) is 3.74. The lowest BCUT2D eigenvalue weighted by molar-refractivity contribution is -0.165. The predicted octanol–water partition coefficient (Wildman–Crippen LogP) is 5.90. The molecule has 8 atom stereocenters. The number of amides is 3. The van der Waals surface area contributed by atoms with Gasteiger partial charge in [0.1, 0.15) is 17.7 Å². The highest BCUT2D eigenvalue weighted by Crippen LogP contribution is 2.59. The monoisotopic (exact) mass is 747 g/mol. The van der Waals surface area contributed by atoms with E-state index in [9.17, 15) is 14.7 Å². The van der Waals surface area contributed by atoms with Gasteiger partial charge in [-0.05, 0) is 68.7 Å². The number of para-hydroxylation sites is 1. The fraction of sp³-hybridized carbons (Fsp3) is 0.422. The Balaban J connectivity index is 1.40. The van der Waals surface area contributed by atoms with Crippen LogP contribution < -0.4 is 4.90 Å². The van der Waals surface area contributed by atoms with Crippen LogP contribution in [0.15, 0.2) is 104 Å². The second-order valence-electron chi connectivity index (χ2n) is 15.1. The van der Waals surface area contributed by atoms with Crippen molar-refractivity contribution < 1.29 is 33.8 Å². The maximum Gasteiger partial charge on any atom is 0.313 e. The van der Waals surface area contributed by atoms with E-state index in [-0.39, 0.29) is 24.8 Å². The van der Waals surface area contributed by atoms with E-state index < -0.39 is 66.3 Å².